The van der Waals surface area contributed by atoms with Crippen molar-refractivity contribution in [1.82, 2.24) is 9.88 Å². The van der Waals surface area contributed by atoms with Crippen molar-refractivity contribution in [2.75, 3.05) is 25.5 Å². The minimum atomic E-state index is -0.380. The van der Waals surface area contributed by atoms with Gasteiger partial charge in [0, 0.05) is 27.7 Å². The zero-order valence-corrected chi connectivity index (χ0v) is 19.7. The van der Waals surface area contributed by atoms with Crippen molar-refractivity contribution >= 4 is 69.5 Å². The first kappa shape index (κ1) is 22.6. The highest BCUT2D eigenvalue weighted by molar-refractivity contribution is 8.01. The second-order valence-corrected chi connectivity index (χ2v) is 9.81. The first-order valence-corrected chi connectivity index (χ1v) is 12.1. The molecule has 0 radical (unpaired) electrons. The number of hydrogen-bond donors (Lipinski definition) is 0. The molecular weight excluding hydrogens is 471 g/mol. The van der Waals surface area contributed by atoms with Gasteiger partial charge in [0.05, 0.1) is 17.6 Å². The van der Waals surface area contributed by atoms with Crippen LogP contribution in [-0.4, -0.2) is 52.4 Å². The van der Waals surface area contributed by atoms with Gasteiger partial charge in [-0.3, -0.25) is 0 Å². The fraction of sp³-hybridized carbons (Fsp3) is 0.421. The van der Waals surface area contributed by atoms with Crippen LogP contribution < -0.4 is 4.74 Å². The number of thiazole rings is 1. The molecule has 2 heterocycles. The summed E-state index contributed by atoms with van der Waals surface area (Å²) in [4.78, 5) is 19.2. The molecule has 0 unspecified atom stereocenters. The van der Waals surface area contributed by atoms with E-state index in [2.05, 4.69) is 9.88 Å². The second-order valence-electron chi connectivity index (χ2n) is 6.26. The molecular formula is C19H20Cl2N2O3S3. The van der Waals surface area contributed by atoms with Crippen LogP contribution in [0.4, 0.5) is 0 Å². The molecule has 0 saturated carbocycles. The van der Waals surface area contributed by atoms with Crippen LogP contribution in [0.15, 0.2) is 27.9 Å². The topological polar surface area (TPSA) is 51.7 Å². The van der Waals surface area contributed by atoms with E-state index >= 15 is 0 Å². The molecule has 0 bridgehead atoms. The summed E-state index contributed by atoms with van der Waals surface area (Å²) in [6, 6.07) is 5.40. The molecule has 1 saturated heterocycles. The lowest BCUT2D eigenvalue weighted by molar-refractivity contribution is 0.0520. The maximum atomic E-state index is 11.7. The number of aromatic nitrogens is 1. The predicted molar refractivity (Wildman–Crippen MR) is 123 cm³/mol. The molecule has 1 aromatic heterocycles. The van der Waals surface area contributed by atoms with Gasteiger partial charge in [-0.15, -0.1) is 11.3 Å². The van der Waals surface area contributed by atoms with Gasteiger partial charge < -0.3 is 14.4 Å². The Morgan fingerprint density at radius 3 is 2.86 bits per heavy atom. The number of thioether (sulfide) groups is 1. The lowest BCUT2D eigenvalue weighted by atomic mass is 10.2. The Balaban J connectivity index is 1.50. The lowest BCUT2D eigenvalue weighted by Gasteiger charge is -2.26. The highest BCUT2D eigenvalue weighted by Gasteiger charge is 2.28. The first-order valence-electron chi connectivity index (χ1n) is 9.10. The number of thiocarbonyl (C=S) groups is 1. The van der Waals surface area contributed by atoms with E-state index in [0.717, 1.165) is 34.5 Å². The number of rotatable bonds is 9. The number of likely N-dealkylation sites (tertiary alicyclic amines) is 1. The quantitative estimate of drug-likeness (QED) is 0.258. The molecule has 1 aliphatic heterocycles. The lowest BCUT2D eigenvalue weighted by Crippen LogP contribution is -2.37. The van der Waals surface area contributed by atoms with Crippen molar-refractivity contribution in [3.63, 3.8) is 0 Å². The molecule has 156 valence electrons. The number of halogens is 2. The normalized spacial score (nSPS) is 16.3. The number of benzene rings is 1. The summed E-state index contributed by atoms with van der Waals surface area (Å²) >= 11 is 20.7. The van der Waals surface area contributed by atoms with Gasteiger partial charge in [0.25, 0.3) is 0 Å². The minimum absolute atomic E-state index is 0.215. The molecule has 1 atom stereocenters. The average molecular weight is 491 g/mol. The Labute approximate surface area is 193 Å². The zero-order valence-electron chi connectivity index (χ0n) is 15.7. The highest BCUT2D eigenvalue weighted by atomic mass is 35.5. The third-order valence-corrected chi connectivity index (χ3v) is 7.13. The number of carbonyl (C=O) groups excluding carboxylic acids is 1. The molecule has 29 heavy (non-hydrogen) atoms. The van der Waals surface area contributed by atoms with E-state index in [1.165, 1.54) is 11.3 Å². The maximum Gasteiger partial charge on any atom is 0.357 e. The second kappa shape index (κ2) is 10.8. The van der Waals surface area contributed by atoms with Gasteiger partial charge in [-0.2, -0.15) is 0 Å². The van der Waals surface area contributed by atoms with E-state index < -0.39 is 0 Å². The van der Waals surface area contributed by atoms with Crippen molar-refractivity contribution in [3.05, 3.63) is 39.3 Å². The molecule has 0 aliphatic carbocycles. The summed E-state index contributed by atoms with van der Waals surface area (Å²) in [5.74, 6) is 1.09. The van der Waals surface area contributed by atoms with Crippen LogP contribution in [0, 0.1) is 0 Å². The molecule has 5 nitrogen and oxygen atoms in total. The Kier molecular flexibility index (Phi) is 8.44. The van der Waals surface area contributed by atoms with Crippen molar-refractivity contribution in [2.24, 2.45) is 0 Å². The number of esters is 1. The van der Waals surface area contributed by atoms with E-state index in [-0.39, 0.29) is 12.0 Å². The zero-order chi connectivity index (χ0) is 20.8. The maximum absolute atomic E-state index is 11.7. The van der Waals surface area contributed by atoms with Gasteiger partial charge in [-0.1, -0.05) is 47.2 Å². The smallest absolute Gasteiger partial charge is 0.357 e. The van der Waals surface area contributed by atoms with E-state index in [0.29, 0.717) is 34.7 Å². The van der Waals surface area contributed by atoms with Gasteiger partial charge in [0.1, 0.15) is 12.4 Å². The van der Waals surface area contributed by atoms with Gasteiger partial charge in [-0.05, 0) is 38.0 Å². The number of ether oxygens (including phenoxy) is 2. The summed E-state index contributed by atoms with van der Waals surface area (Å²) in [5.41, 5.74) is 0.363. The Bertz CT molecular complexity index is 858. The van der Waals surface area contributed by atoms with Crippen LogP contribution in [0.2, 0.25) is 10.0 Å². The number of hydrogen-bond acceptors (Lipinski definition) is 7. The Morgan fingerprint density at radius 2 is 2.14 bits per heavy atom. The predicted octanol–water partition coefficient (Wildman–Crippen LogP) is 5.59. The number of carbonyl (C=O) groups is 1. The van der Waals surface area contributed by atoms with E-state index in [1.54, 1.807) is 42.3 Å². The van der Waals surface area contributed by atoms with Gasteiger partial charge >= 0.3 is 5.97 Å². The molecule has 0 N–H and O–H groups in total. The molecule has 0 amide bonds. The summed E-state index contributed by atoms with van der Waals surface area (Å²) in [5, 5.41) is 2.83. The van der Waals surface area contributed by atoms with Crippen LogP contribution in [0.3, 0.4) is 0 Å². The van der Waals surface area contributed by atoms with Crippen LogP contribution >= 0.6 is 58.5 Å². The molecule has 1 fully saturated rings. The third-order valence-electron chi connectivity index (χ3n) is 4.26. The van der Waals surface area contributed by atoms with Gasteiger partial charge in [-0.25, -0.2) is 9.78 Å². The van der Waals surface area contributed by atoms with Crippen molar-refractivity contribution in [3.8, 4) is 5.75 Å². The number of nitrogens with zero attached hydrogens (tertiary/aromatic N) is 2. The van der Waals surface area contributed by atoms with Crippen molar-refractivity contribution < 1.29 is 14.3 Å². The summed E-state index contributed by atoms with van der Waals surface area (Å²) < 4.78 is 11.7. The van der Waals surface area contributed by atoms with Gasteiger partial charge in [0.15, 0.2) is 10.0 Å². The average Bonchev–Trinajstić information content (AvgIpc) is 3.27. The molecule has 10 heteroatoms. The third kappa shape index (κ3) is 6.46. The van der Waals surface area contributed by atoms with Crippen LogP contribution in [0.1, 0.15) is 30.3 Å². The molecule has 1 aromatic carbocycles. The fourth-order valence-electron chi connectivity index (χ4n) is 2.93. The van der Waals surface area contributed by atoms with Crippen molar-refractivity contribution in [1.29, 1.82) is 0 Å². The van der Waals surface area contributed by atoms with Crippen molar-refractivity contribution in [2.45, 2.75) is 30.1 Å². The Morgan fingerprint density at radius 1 is 1.38 bits per heavy atom. The van der Waals surface area contributed by atoms with E-state index in [4.69, 9.17) is 44.9 Å². The first-order chi connectivity index (χ1) is 14.0. The highest BCUT2D eigenvalue weighted by Crippen LogP contribution is 2.28. The van der Waals surface area contributed by atoms with E-state index in [1.807, 2.05) is 0 Å². The van der Waals surface area contributed by atoms with Crippen LogP contribution in [0.5, 0.6) is 5.75 Å². The molecule has 0 spiro atoms. The van der Waals surface area contributed by atoms with Crippen LogP contribution in [0.25, 0.3) is 0 Å². The summed E-state index contributed by atoms with van der Waals surface area (Å²) in [6.45, 7) is 3.43. The van der Waals surface area contributed by atoms with Gasteiger partial charge in [0.2, 0.25) is 0 Å². The molecule has 1 aliphatic rings. The monoisotopic (exact) mass is 490 g/mol. The van der Waals surface area contributed by atoms with Crippen LogP contribution in [-0.2, 0) is 4.74 Å². The minimum Gasteiger partial charge on any atom is -0.491 e. The largest absolute Gasteiger partial charge is 0.491 e. The van der Waals surface area contributed by atoms with E-state index in [9.17, 15) is 4.79 Å². The molecule has 3 rings (SSSR count). The Hall–Kier alpha value is -1.06. The SMILES string of the molecule is CCOC(=O)c1csc(SCCN2C(=S)CC[C@@H]2COc2cc(Cl)cc(Cl)c2)n1. The molecule has 2 aromatic rings. The summed E-state index contributed by atoms with van der Waals surface area (Å²) in [6.07, 6.45) is 1.84. The summed E-state index contributed by atoms with van der Waals surface area (Å²) in [7, 11) is 0. The standard InChI is InChI=1S/C19H20Cl2N2O3S3/c1-2-25-18(24)16-11-29-19(22-16)28-6-5-23-14(3-4-17(23)27)10-26-15-8-12(20)7-13(21)9-15/h7-9,11,14H,2-6,10H2,1H3/t14-/m1/s1. The fourth-order valence-corrected chi connectivity index (χ4v) is 5.60.